The molecule has 0 saturated heterocycles. The van der Waals surface area contributed by atoms with Gasteiger partial charge in [0.05, 0.1) is 11.8 Å². The first-order chi connectivity index (χ1) is 14.2. The number of ether oxygens (including phenoxy) is 2. The van der Waals surface area contributed by atoms with Crippen LogP contribution in [0.4, 0.5) is 0 Å². The molecule has 4 nitrogen and oxygen atoms in total. The minimum absolute atomic E-state index is 0.0700. The Morgan fingerprint density at radius 1 is 1.03 bits per heavy atom. The van der Waals surface area contributed by atoms with Gasteiger partial charge in [-0.05, 0) is 75.3 Å². The van der Waals surface area contributed by atoms with Gasteiger partial charge in [0.25, 0.3) is 0 Å². The van der Waals surface area contributed by atoms with Crippen LogP contribution in [0, 0.1) is 18.8 Å². The number of carbonyl (C=O) groups excluding carboxylic acids is 2. The molecule has 1 fully saturated rings. The summed E-state index contributed by atoms with van der Waals surface area (Å²) in [5, 5.41) is 2.33. The van der Waals surface area contributed by atoms with Gasteiger partial charge in [-0.25, -0.2) is 0 Å². The molecular weight excluding hydrogens is 376 g/mol. The van der Waals surface area contributed by atoms with Gasteiger partial charge in [-0.1, -0.05) is 49.7 Å². The first-order valence-electron chi connectivity index (χ1n) is 11.1. The highest BCUT2D eigenvalue weighted by Gasteiger charge is 2.34. The molecule has 0 N–H and O–H groups in total. The summed E-state index contributed by atoms with van der Waals surface area (Å²) in [5.41, 5.74) is 1.52. The summed E-state index contributed by atoms with van der Waals surface area (Å²) in [6, 6.07) is 12.6. The number of hydrogen-bond acceptors (Lipinski definition) is 4. The van der Waals surface area contributed by atoms with E-state index in [4.69, 9.17) is 9.47 Å². The van der Waals surface area contributed by atoms with E-state index >= 15 is 0 Å². The van der Waals surface area contributed by atoms with E-state index in [0.29, 0.717) is 12.8 Å². The molecule has 0 aliphatic heterocycles. The SMILES string of the molecule is CCC(C)C(=O)OC1CCC(C(=O)OC(C)(C)c2ccc3cc(C)ccc3c2)CC1. The van der Waals surface area contributed by atoms with E-state index in [-0.39, 0.29) is 29.9 Å². The molecule has 1 aliphatic rings. The van der Waals surface area contributed by atoms with Crippen LogP contribution < -0.4 is 0 Å². The highest BCUT2D eigenvalue weighted by Crippen LogP contribution is 2.33. The molecule has 1 aliphatic carbocycles. The Balaban J connectivity index is 1.59. The molecule has 1 unspecified atom stereocenters. The van der Waals surface area contributed by atoms with E-state index < -0.39 is 5.60 Å². The fourth-order valence-corrected chi connectivity index (χ4v) is 4.00. The first-order valence-corrected chi connectivity index (χ1v) is 11.1. The molecule has 0 bridgehead atoms. The monoisotopic (exact) mass is 410 g/mol. The van der Waals surface area contributed by atoms with Crippen molar-refractivity contribution >= 4 is 22.7 Å². The van der Waals surface area contributed by atoms with Crippen LogP contribution in [0.15, 0.2) is 36.4 Å². The summed E-state index contributed by atoms with van der Waals surface area (Å²) in [6.07, 6.45) is 3.54. The summed E-state index contributed by atoms with van der Waals surface area (Å²) < 4.78 is 11.6. The number of hydrogen-bond donors (Lipinski definition) is 0. The van der Waals surface area contributed by atoms with Crippen molar-refractivity contribution in [2.45, 2.75) is 78.4 Å². The molecule has 0 amide bonds. The Morgan fingerprint density at radius 2 is 1.67 bits per heavy atom. The van der Waals surface area contributed by atoms with Gasteiger partial charge in [-0.15, -0.1) is 0 Å². The molecule has 0 spiro atoms. The molecule has 2 aromatic carbocycles. The van der Waals surface area contributed by atoms with Crippen molar-refractivity contribution in [3.8, 4) is 0 Å². The Hall–Kier alpha value is -2.36. The highest BCUT2D eigenvalue weighted by atomic mass is 16.6. The third-order valence-electron chi connectivity index (χ3n) is 6.35. The molecule has 30 heavy (non-hydrogen) atoms. The van der Waals surface area contributed by atoms with Crippen LogP contribution in [-0.4, -0.2) is 18.0 Å². The number of aryl methyl sites for hydroxylation is 1. The number of rotatable bonds is 6. The van der Waals surface area contributed by atoms with Gasteiger partial charge in [0.2, 0.25) is 0 Å². The second-order valence-electron chi connectivity index (χ2n) is 9.22. The maximum absolute atomic E-state index is 12.8. The van der Waals surface area contributed by atoms with Crippen molar-refractivity contribution in [2.24, 2.45) is 11.8 Å². The molecule has 1 atom stereocenters. The van der Waals surface area contributed by atoms with Crippen molar-refractivity contribution in [1.29, 1.82) is 0 Å². The molecule has 0 radical (unpaired) electrons. The molecule has 162 valence electrons. The minimum atomic E-state index is -0.698. The lowest BCUT2D eigenvalue weighted by Crippen LogP contribution is -2.34. The van der Waals surface area contributed by atoms with Crippen molar-refractivity contribution in [1.82, 2.24) is 0 Å². The Morgan fingerprint density at radius 3 is 2.33 bits per heavy atom. The number of fused-ring (bicyclic) bond motifs is 1. The van der Waals surface area contributed by atoms with Gasteiger partial charge >= 0.3 is 11.9 Å². The summed E-state index contributed by atoms with van der Waals surface area (Å²) >= 11 is 0. The predicted molar refractivity (Wildman–Crippen MR) is 119 cm³/mol. The maximum Gasteiger partial charge on any atom is 0.309 e. The zero-order chi connectivity index (χ0) is 21.9. The lowest BCUT2D eigenvalue weighted by Gasteiger charge is -2.32. The van der Waals surface area contributed by atoms with Crippen molar-refractivity contribution in [3.63, 3.8) is 0 Å². The average molecular weight is 411 g/mol. The minimum Gasteiger partial charge on any atom is -0.462 e. The Labute approximate surface area is 179 Å². The molecule has 0 heterocycles. The lowest BCUT2D eigenvalue weighted by molar-refractivity contribution is -0.166. The van der Waals surface area contributed by atoms with E-state index in [0.717, 1.165) is 30.2 Å². The van der Waals surface area contributed by atoms with Crippen LogP contribution in [0.3, 0.4) is 0 Å². The summed E-state index contributed by atoms with van der Waals surface area (Å²) in [5.74, 6) is -0.489. The average Bonchev–Trinajstić information content (AvgIpc) is 2.72. The van der Waals surface area contributed by atoms with Gasteiger partial charge in [0.15, 0.2) is 0 Å². The van der Waals surface area contributed by atoms with E-state index in [1.165, 1.54) is 10.9 Å². The zero-order valence-corrected chi connectivity index (χ0v) is 18.9. The van der Waals surface area contributed by atoms with Crippen LogP contribution in [0.1, 0.15) is 70.9 Å². The predicted octanol–water partition coefficient (Wildman–Crippen LogP) is 6.07. The van der Waals surface area contributed by atoms with Gasteiger partial charge in [-0.3, -0.25) is 9.59 Å². The largest absolute Gasteiger partial charge is 0.462 e. The fourth-order valence-electron chi connectivity index (χ4n) is 4.00. The van der Waals surface area contributed by atoms with Gasteiger partial charge in [-0.2, -0.15) is 0 Å². The van der Waals surface area contributed by atoms with Crippen molar-refractivity contribution in [3.05, 3.63) is 47.5 Å². The number of esters is 2. The highest BCUT2D eigenvalue weighted by molar-refractivity contribution is 5.84. The summed E-state index contributed by atoms with van der Waals surface area (Å²) in [7, 11) is 0. The molecule has 4 heteroatoms. The molecule has 1 saturated carbocycles. The second-order valence-corrected chi connectivity index (χ2v) is 9.22. The molecule has 2 aromatic rings. The van der Waals surface area contributed by atoms with Gasteiger partial charge in [0.1, 0.15) is 11.7 Å². The first kappa shape index (κ1) is 22.3. The smallest absolute Gasteiger partial charge is 0.309 e. The standard InChI is InChI=1S/C26H34O4/c1-6-18(3)24(27)29-23-13-10-19(11-14-23)25(28)30-26(4,5)22-12-9-20-15-17(2)7-8-21(20)16-22/h7-9,12,15-16,18-19,23H,6,10-11,13-14H2,1-5H3. The Bertz CT molecular complexity index is 906. The van der Waals surface area contributed by atoms with E-state index in [9.17, 15) is 9.59 Å². The van der Waals surface area contributed by atoms with Crippen LogP contribution in [0.25, 0.3) is 10.8 Å². The normalized spacial score (nSPS) is 20.6. The van der Waals surface area contributed by atoms with Crippen molar-refractivity contribution < 1.29 is 19.1 Å². The fraction of sp³-hybridized carbons (Fsp3) is 0.538. The lowest BCUT2D eigenvalue weighted by atomic mass is 9.87. The van der Waals surface area contributed by atoms with E-state index in [1.54, 1.807) is 0 Å². The molecule has 0 aromatic heterocycles. The zero-order valence-electron chi connectivity index (χ0n) is 18.9. The van der Waals surface area contributed by atoms with Crippen molar-refractivity contribution in [2.75, 3.05) is 0 Å². The topological polar surface area (TPSA) is 52.6 Å². The third kappa shape index (κ3) is 5.21. The van der Waals surface area contributed by atoms with Gasteiger partial charge in [0, 0.05) is 0 Å². The molecule has 3 rings (SSSR count). The number of benzene rings is 2. The number of carbonyl (C=O) groups is 2. The van der Waals surface area contributed by atoms with E-state index in [2.05, 4.69) is 37.3 Å². The third-order valence-corrected chi connectivity index (χ3v) is 6.35. The quantitative estimate of drug-likeness (QED) is 0.542. The van der Waals surface area contributed by atoms with Crippen LogP contribution in [-0.2, 0) is 24.7 Å². The van der Waals surface area contributed by atoms with E-state index in [1.807, 2.05) is 33.8 Å². The molecular formula is C26H34O4. The van der Waals surface area contributed by atoms with Crippen LogP contribution in [0.5, 0.6) is 0 Å². The Kier molecular flexibility index (Phi) is 6.84. The van der Waals surface area contributed by atoms with Gasteiger partial charge < -0.3 is 9.47 Å². The van der Waals surface area contributed by atoms with Crippen LogP contribution >= 0.6 is 0 Å². The van der Waals surface area contributed by atoms with Crippen LogP contribution in [0.2, 0.25) is 0 Å². The maximum atomic E-state index is 12.8. The summed E-state index contributed by atoms with van der Waals surface area (Å²) in [4.78, 5) is 24.8. The summed E-state index contributed by atoms with van der Waals surface area (Å²) in [6.45, 7) is 9.84. The second kappa shape index (κ2) is 9.20.